The van der Waals surface area contributed by atoms with Crippen LogP contribution >= 0.6 is 0 Å². The Morgan fingerprint density at radius 3 is 3.56 bits per heavy atom. The van der Waals surface area contributed by atoms with Crippen LogP contribution in [0.3, 0.4) is 0 Å². The van der Waals surface area contributed by atoms with Gasteiger partial charge in [0, 0.05) is 11.8 Å². The van der Waals surface area contributed by atoms with Crippen molar-refractivity contribution in [2.45, 2.75) is 0 Å². The van der Waals surface area contributed by atoms with Gasteiger partial charge in [-0.1, -0.05) is 0 Å². The SMILES string of the molecule is C1=NC=C2COC=C2N1. The molecule has 3 heteroatoms. The van der Waals surface area contributed by atoms with Crippen molar-refractivity contribution in [1.29, 1.82) is 0 Å². The van der Waals surface area contributed by atoms with Crippen molar-refractivity contribution in [3.05, 3.63) is 23.7 Å². The van der Waals surface area contributed by atoms with E-state index < -0.39 is 0 Å². The molecule has 0 bridgehead atoms. The molecule has 0 saturated carbocycles. The molecule has 0 aromatic heterocycles. The Morgan fingerprint density at radius 2 is 2.67 bits per heavy atom. The Kier molecular flexibility index (Phi) is 0.828. The van der Waals surface area contributed by atoms with Gasteiger partial charge in [-0.3, -0.25) is 0 Å². The normalized spacial score (nSPS) is 21.3. The van der Waals surface area contributed by atoms with Crippen molar-refractivity contribution < 1.29 is 4.74 Å². The Bertz CT molecular complexity index is 215. The summed E-state index contributed by atoms with van der Waals surface area (Å²) in [5, 5.41) is 2.96. The number of ether oxygens (including phenoxy) is 1. The number of nitrogens with one attached hydrogen (secondary N) is 1. The molecule has 0 aromatic rings. The van der Waals surface area contributed by atoms with Gasteiger partial charge in [0.1, 0.15) is 12.9 Å². The molecule has 0 fully saturated rings. The molecule has 0 spiro atoms. The van der Waals surface area contributed by atoms with E-state index in [0.717, 1.165) is 11.3 Å². The van der Waals surface area contributed by atoms with Crippen LogP contribution in [-0.4, -0.2) is 12.9 Å². The van der Waals surface area contributed by atoms with Crippen LogP contribution in [0.4, 0.5) is 0 Å². The average Bonchev–Trinajstić information content (AvgIpc) is 2.33. The van der Waals surface area contributed by atoms with Crippen LogP contribution in [0.25, 0.3) is 0 Å². The van der Waals surface area contributed by atoms with E-state index in [2.05, 4.69) is 10.3 Å². The van der Waals surface area contributed by atoms with E-state index >= 15 is 0 Å². The first-order valence-electron chi connectivity index (χ1n) is 2.76. The minimum absolute atomic E-state index is 0.652. The molecule has 0 aromatic carbocycles. The van der Waals surface area contributed by atoms with Gasteiger partial charge in [0.25, 0.3) is 0 Å². The van der Waals surface area contributed by atoms with Gasteiger partial charge in [0.2, 0.25) is 0 Å². The highest BCUT2D eigenvalue weighted by Crippen LogP contribution is 2.16. The summed E-state index contributed by atoms with van der Waals surface area (Å²) < 4.78 is 5.02. The number of hydrogen-bond donors (Lipinski definition) is 1. The lowest BCUT2D eigenvalue weighted by atomic mass is 10.2. The molecule has 0 aliphatic carbocycles. The number of aliphatic imine (C=N–C) groups is 1. The summed E-state index contributed by atoms with van der Waals surface area (Å²) >= 11 is 0. The minimum atomic E-state index is 0.652. The standard InChI is InChI=1S/C6H6N2O/c1-5-2-9-3-6(5)8-4-7-1/h1,3-4H,2H2,(H,7,8). The van der Waals surface area contributed by atoms with E-state index in [-0.39, 0.29) is 0 Å². The van der Waals surface area contributed by atoms with Crippen LogP contribution in [0.15, 0.2) is 28.7 Å². The zero-order valence-electron chi connectivity index (χ0n) is 4.79. The molecular formula is C6H6N2O. The largest absolute Gasteiger partial charge is 0.494 e. The van der Waals surface area contributed by atoms with Crippen LogP contribution in [0.5, 0.6) is 0 Å². The van der Waals surface area contributed by atoms with Crippen molar-refractivity contribution in [3.8, 4) is 0 Å². The molecule has 0 atom stereocenters. The lowest BCUT2D eigenvalue weighted by molar-refractivity contribution is 0.301. The fourth-order valence-electron chi connectivity index (χ4n) is 0.836. The molecule has 2 heterocycles. The molecule has 0 saturated heterocycles. The van der Waals surface area contributed by atoms with Crippen LogP contribution in [0, 0.1) is 0 Å². The van der Waals surface area contributed by atoms with E-state index in [1.807, 2.05) is 0 Å². The zero-order chi connectivity index (χ0) is 6.10. The first kappa shape index (κ1) is 4.61. The smallest absolute Gasteiger partial charge is 0.116 e. The van der Waals surface area contributed by atoms with Crippen LogP contribution in [0.1, 0.15) is 0 Å². The Balaban J connectivity index is 2.37. The maximum Gasteiger partial charge on any atom is 0.116 e. The average molecular weight is 122 g/mol. The predicted molar refractivity (Wildman–Crippen MR) is 33.7 cm³/mol. The highest BCUT2D eigenvalue weighted by Gasteiger charge is 2.12. The molecule has 2 aliphatic rings. The summed E-state index contributed by atoms with van der Waals surface area (Å²) in [6.45, 7) is 0.652. The first-order chi connectivity index (χ1) is 4.47. The fraction of sp³-hybridized carbons (Fsp3) is 0.167. The topological polar surface area (TPSA) is 33.6 Å². The van der Waals surface area contributed by atoms with E-state index in [1.165, 1.54) is 0 Å². The third-order valence-corrected chi connectivity index (χ3v) is 1.31. The molecule has 0 radical (unpaired) electrons. The third-order valence-electron chi connectivity index (χ3n) is 1.31. The molecule has 2 rings (SSSR count). The van der Waals surface area contributed by atoms with Gasteiger partial charge in [0.05, 0.1) is 12.0 Å². The first-order valence-corrected chi connectivity index (χ1v) is 2.76. The highest BCUT2D eigenvalue weighted by molar-refractivity contribution is 5.63. The summed E-state index contributed by atoms with van der Waals surface area (Å²) in [6, 6.07) is 0. The number of hydrogen-bond acceptors (Lipinski definition) is 3. The number of nitrogens with zero attached hydrogens (tertiary/aromatic N) is 1. The number of rotatable bonds is 0. The predicted octanol–water partition coefficient (Wildman–Crippen LogP) is 0.373. The monoisotopic (exact) mass is 122 g/mol. The maximum atomic E-state index is 5.02. The van der Waals surface area contributed by atoms with Gasteiger partial charge < -0.3 is 10.1 Å². The summed E-state index contributed by atoms with van der Waals surface area (Å²) in [4.78, 5) is 3.90. The minimum Gasteiger partial charge on any atom is -0.494 e. The number of fused-ring (bicyclic) bond motifs is 1. The van der Waals surface area contributed by atoms with E-state index in [9.17, 15) is 0 Å². The second kappa shape index (κ2) is 1.62. The van der Waals surface area contributed by atoms with Gasteiger partial charge in [-0.05, 0) is 0 Å². The van der Waals surface area contributed by atoms with Crippen molar-refractivity contribution in [3.63, 3.8) is 0 Å². The Labute approximate surface area is 52.7 Å². The Morgan fingerprint density at radius 1 is 1.67 bits per heavy atom. The molecule has 0 unspecified atom stereocenters. The summed E-state index contributed by atoms with van der Waals surface area (Å²) in [7, 11) is 0. The van der Waals surface area contributed by atoms with Gasteiger partial charge >= 0.3 is 0 Å². The maximum absolute atomic E-state index is 5.02. The molecule has 9 heavy (non-hydrogen) atoms. The molecule has 0 amide bonds. The quantitative estimate of drug-likeness (QED) is 0.503. The molecule has 1 N–H and O–H groups in total. The zero-order valence-corrected chi connectivity index (χ0v) is 4.79. The second-order valence-corrected chi connectivity index (χ2v) is 1.92. The third kappa shape index (κ3) is 0.614. The van der Waals surface area contributed by atoms with Crippen LogP contribution in [-0.2, 0) is 4.74 Å². The van der Waals surface area contributed by atoms with Gasteiger partial charge in [0.15, 0.2) is 0 Å². The van der Waals surface area contributed by atoms with Crippen molar-refractivity contribution in [1.82, 2.24) is 5.32 Å². The summed E-state index contributed by atoms with van der Waals surface area (Å²) in [6.07, 6.45) is 5.15. The Hall–Kier alpha value is -1.25. The lowest BCUT2D eigenvalue weighted by Crippen LogP contribution is -2.13. The highest BCUT2D eigenvalue weighted by atomic mass is 16.5. The molecular weight excluding hydrogens is 116 g/mol. The second-order valence-electron chi connectivity index (χ2n) is 1.92. The van der Waals surface area contributed by atoms with Crippen molar-refractivity contribution in [2.75, 3.05) is 6.61 Å². The molecule has 3 nitrogen and oxygen atoms in total. The summed E-state index contributed by atoms with van der Waals surface area (Å²) in [5.41, 5.74) is 2.16. The van der Waals surface area contributed by atoms with Gasteiger partial charge in [-0.2, -0.15) is 0 Å². The molecule has 2 aliphatic heterocycles. The van der Waals surface area contributed by atoms with E-state index in [4.69, 9.17) is 4.74 Å². The van der Waals surface area contributed by atoms with E-state index in [0.29, 0.717) is 6.61 Å². The van der Waals surface area contributed by atoms with Crippen LogP contribution < -0.4 is 5.32 Å². The summed E-state index contributed by atoms with van der Waals surface area (Å²) in [5.74, 6) is 0. The van der Waals surface area contributed by atoms with Gasteiger partial charge in [-0.15, -0.1) is 0 Å². The van der Waals surface area contributed by atoms with Gasteiger partial charge in [-0.25, -0.2) is 4.99 Å². The lowest BCUT2D eigenvalue weighted by Gasteiger charge is -2.03. The van der Waals surface area contributed by atoms with Crippen LogP contribution in [0.2, 0.25) is 0 Å². The fourth-order valence-corrected chi connectivity index (χ4v) is 0.836. The van der Waals surface area contributed by atoms with E-state index in [1.54, 1.807) is 18.8 Å². The van der Waals surface area contributed by atoms with Crippen molar-refractivity contribution >= 4 is 6.34 Å². The molecule has 46 valence electrons. The van der Waals surface area contributed by atoms with Crippen molar-refractivity contribution in [2.24, 2.45) is 4.99 Å².